The molecule has 2 N–H and O–H groups in total. The number of aryl methyl sites for hydroxylation is 1. The molecule has 0 saturated carbocycles. The fraction of sp³-hybridized carbons (Fsp3) is 0.710. The van der Waals surface area contributed by atoms with Crippen LogP contribution in [-0.4, -0.2) is 16.2 Å². The van der Waals surface area contributed by atoms with E-state index in [0.29, 0.717) is 5.75 Å². The Hall–Kier alpha value is -1.77. The highest BCUT2D eigenvalue weighted by molar-refractivity contribution is 5.76. The van der Waals surface area contributed by atoms with E-state index in [4.69, 9.17) is 0 Å². The number of carboxylic acids is 1. The van der Waals surface area contributed by atoms with E-state index >= 15 is 0 Å². The topological polar surface area (TPSA) is 57.5 Å². The number of aromatic hydroxyl groups is 1. The van der Waals surface area contributed by atoms with Crippen LogP contribution in [0.25, 0.3) is 0 Å². The number of hydrogen-bond donors (Lipinski definition) is 2. The summed E-state index contributed by atoms with van der Waals surface area (Å²) >= 11 is 0. The van der Waals surface area contributed by atoms with Crippen molar-refractivity contribution in [3.63, 3.8) is 0 Å². The first-order valence-electron chi connectivity index (χ1n) is 13.6. The second-order valence-corrected chi connectivity index (χ2v) is 11.4. The zero-order chi connectivity index (χ0) is 25.8. The number of carbonyl (C=O) groups is 1. The summed E-state index contributed by atoms with van der Waals surface area (Å²) in [5.41, 5.74) is 4.72. The molecule has 0 amide bonds. The molecule has 3 nitrogen and oxygen atoms in total. The van der Waals surface area contributed by atoms with E-state index < -0.39 is 11.9 Å². The number of phenolic OH excluding ortho intramolecular Hbond substituents is 1. The second-order valence-electron chi connectivity index (χ2n) is 11.4. The van der Waals surface area contributed by atoms with Gasteiger partial charge < -0.3 is 10.2 Å². The molecular weight excluding hydrogens is 420 g/mol. The van der Waals surface area contributed by atoms with Gasteiger partial charge in [0.05, 0.1) is 5.92 Å². The summed E-state index contributed by atoms with van der Waals surface area (Å²) in [7, 11) is 0. The molecule has 0 aliphatic heterocycles. The number of benzene rings is 1. The minimum atomic E-state index is -0.829. The van der Waals surface area contributed by atoms with Crippen LogP contribution in [0.1, 0.15) is 128 Å². The van der Waals surface area contributed by atoms with Gasteiger partial charge in [-0.25, -0.2) is 0 Å². The first-order chi connectivity index (χ1) is 15.9. The van der Waals surface area contributed by atoms with Gasteiger partial charge >= 0.3 is 5.97 Å². The highest BCUT2D eigenvalue weighted by Gasteiger charge is 2.21. The third-order valence-electron chi connectivity index (χ3n) is 7.55. The molecule has 0 spiro atoms. The number of allylic oxidation sites excluding steroid dienone is 2. The van der Waals surface area contributed by atoms with Gasteiger partial charge in [0.2, 0.25) is 0 Å². The molecule has 34 heavy (non-hydrogen) atoms. The fourth-order valence-corrected chi connectivity index (χ4v) is 4.90. The van der Waals surface area contributed by atoms with Crippen molar-refractivity contribution in [1.82, 2.24) is 0 Å². The Morgan fingerprint density at radius 1 is 0.941 bits per heavy atom. The number of rotatable bonds is 16. The maximum Gasteiger partial charge on any atom is 0.310 e. The van der Waals surface area contributed by atoms with Crippen LogP contribution < -0.4 is 0 Å². The minimum absolute atomic E-state index is 0.318. The van der Waals surface area contributed by atoms with Gasteiger partial charge in [-0.3, -0.25) is 4.79 Å². The van der Waals surface area contributed by atoms with E-state index in [0.717, 1.165) is 59.3 Å². The van der Waals surface area contributed by atoms with Gasteiger partial charge in [-0.2, -0.15) is 0 Å². The predicted molar refractivity (Wildman–Crippen MR) is 146 cm³/mol. The van der Waals surface area contributed by atoms with Gasteiger partial charge in [-0.15, -0.1) is 0 Å². The third-order valence-corrected chi connectivity index (χ3v) is 7.55. The van der Waals surface area contributed by atoms with Gasteiger partial charge in [0.1, 0.15) is 5.75 Å². The Kier molecular flexibility index (Phi) is 13.6. The van der Waals surface area contributed by atoms with Crippen molar-refractivity contribution < 1.29 is 15.0 Å². The molecule has 0 aliphatic carbocycles. The van der Waals surface area contributed by atoms with E-state index in [1.807, 2.05) is 19.9 Å². The number of phenols is 1. The van der Waals surface area contributed by atoms with E-state index in [1.54, 1.807) is 6.92 Å². The summed E-state index contributed by atoms with van der Waals surface area (Å²) in [5.74, 6) is 1.36. The molecule has 0 aliphatic rings. The third kappa shape index (κ3) is 10.7. The molecule has 0 heterocycles. The molecule has 194 valence electrons. The van der Waals surface area contributed by atoms with Crippen molar-refractivity contribution in [2.45, 2.75) is 126 Å². The quantitative estimate of drug-likeness (QED) is 0.236. The average molecular weight is 473 g/mol. The summed E-state index contributed by atoms with van der Waals surface area (Å²) in [6, 6.07) is 1.82. The number of hydrogen-bond acceptors (Lipinski definition) is 2. The van der Waals surface area contributed by atoms with E-state index in [2.05, 4.69) is 40.7 Å². The Morgan fingerprint density at radius 2 is 1.50 bits per heavy atom. The van der Waals surface area contributed by atoms with Crippen molar-refractivity contribution in [3.05, 3.63) is 40.0 Å². The van der Waals surface area contributed by atoms with Crippen LogP contribution in [0.15, 0.2) is 17.7 Å². The molecule has 0 aromatic heterocycles. The Morgan fingerprint density at radius 3 is 2.06 bits per heavy atom. The lowest BCUT2D eigenvalue weighted by Gasteiger charge is -2.18. The van der Waals surface area contributed by atoms with Gasteiger partial charge in [0.15, 0.2) is 0 Å². The fourth-order valence-electron chi connectivity index (χ4n) is 4.90. The summed E-state index contributed by atoms with van der Waals surface area (Å²) in [6.45, 7) is 17.1. The lowest BCUT2D eigenvalue weighted by atomic mass is 9.88. The molecule has 3 unspecified atom stereocenters. The number of aliphatic carboxylic acids is 1. The molecule has 3 heteroatoms. The smallest absolute Gasteiger partial charge is 0.310 e. The van der Waals surface area contributed by atoms with Crippen LogP contribution in [0.2, 0.25) is 0 Å². The maximum absolute atomic E-state index is 11.5. The van der Waals surface area contributed by atoms with Crippen LogP contribution >= 0.6 is 0 Å². The first-order valence-corrected chi connectivity index (χ1v) is 13.6. The molecule has 3 atom stereocenters. The van der Waals surface area contributed by atoms with Crippen molar-refractivity contribution in [3.8, 4) is 5.75 Å². The molecule has 1 aromatic rings. The molecule has 1 aromatic carbocycles. The SMILES string of the molecule is CC(=CCCC(C)CCCC(C)CCCC(C)C)CCc1c(C)c(C(C)C(=O)O)cc(C)c1O. The maximum atomic E-state index is 11.5. The molecule has 1 rings (SSSR count). The predicted octanol–water partition coefficient (Wildman–Crippen LogP) is 9.13. The Bertz CT molecular complexity index is 790. The number of carboxylic acid groups (broad SMARTS) is 1. The first kappa shape index (κ1) is 30.3. The summed E-state index contributed by atoms with van der Waals surface area (Å²) in [6.07, 6.45) is 14.5. The van der Waals surface area contributed by atoms with E-state index in [1.165, 1.54) is 50.5 Å². The van der Waals surface area contributed by atoms with Crippen LogP contribution in [0, 0.1) is 31.6 Å². The summed E-state index contributed by atoms with van der Waals surface area (Å²) in [5, 5.41) is 20.0. The van der Waals surface area contributed by atoms with Crippen molar-refractivity contribution in [2.75, 3.05) is 0 Å². The lowest BCUT2D eigenvalue weighted by molar-refractivity contribution is -0.138. The molecule has 0 bridgehead atoms. The van der Waals surface area contributed by atoms with Crippen molar-refractivity contribution in [2.24, 2.45) is 17.8 Å². The molecule has 0 saturated heterocycles. The van der Waals surface area contributed by atoms with E-state index in [9.17, 15) is 15.0 Å². The largest absolute Gasteiger partial charge is 0.507 e. The van der Waals surface area contributed by atoms with Gasteiger partial charge in [0.25, 0.3) is 0 Å². The van der Waals surface area contributed by atoms with Crippen LogP contribution in [0.4, 0.5) is 0 Å². The lowest BCUT2D eigenvalue weighted by Crippen LogP contribution is -2.11. The highest BCUT2D eigenvalue weighted by Crippen LogP contribution is 2.34. The van der Waals surface area contributed by atoms with Crippen molar-refractivity contribution in [1.29, 1.82) is 0 Å². The Labute approximate surface area is 210 Å². The van der Waals surface area contributed by atoms with Crippen LogP contribution in [-0.2, 0) is 11.2 Å². The van der Waals surface area contributed by atoms with Crippen LogP contribution in [0.5, 0.6) is 5.75 Å². The zero-order valence-electron chi connectivity index (χ0n) is 23.3. The normalized spacial score (nSPS) is 14.9. The average Bonchev–Trinajstić information content (AvgIpc) is 2.75. The van der Waals surface area contributed by atoms with E-state index in [-0.39, 0.29) is 0 Å². The zero-order valence-corrected chi connectivity index (χ0v) is 23.3. The highest BCUT2D eigenvalue weighted by atomic mass is 16.4. The van der Waals surface area contributed by atoms with Crippen molar-refractivity contribution >= 4 is 5.97 Å². The molecular formula is C31H52O3. The Balaban J connectivity index is 2.48. The second kappa shape index (κ2) is 15.3. The molecule has 0 fully saturated rings. The van der Waals surface area contributed by atoms with Gasteiger partial charge in [-0.05, 0) is 93.4 Å². The summed E-state index contributed by atoms with van der Waals surface area (Å²) in [4.78, 5) is 11.5. The summed E-state index contributed by atoms with van der Waals surface area (Å²) < 4.78 is 0. The standard InChI is InChI=1S/C31H52O3/c1-21(2)12-9-13-22(3)14-10-15-23(4)16-11-17-24(5)18-19-28-26(7)29(27(8)31(33)34)20-25(6)30(28)32/h17,20-23,27,32H,9-16,18-19H2,1-8H3,(H,33,34). The van der Waals surface area contributed by atoms with Crippen LogP contribution in [0.3, 0.4) is 0 Å². The van der Waals surface area contributed by atoms with Gasteiger partial charge in [-0.1, -0.05) is 83.9 Å². The minimum Gasteiger partial charge on any atom is -0.507 e. The monoisotopic (exact) mass is 472 g/mol. The molecule has 0 radical (unpaired) electrons. The van der Waals surface area contributed by atoms with Gasteiger partial charge in [0, 0.05) is 0 Å².